The Labute approximate surface area is 294 Å². The molecule has 1 aromatic heterocycles. The summed E-state index contributed by atoms with van der Waals surface area (Å²) in [6, 6.07) is -0.202. The minimum Gasteiger partial charge on any atom is -0.481 e. The van der Waals surface area contributed by atoms with E-state index in [0.717, 1.165) is 32.1 Å². The van der Waals surface area contributed by atoms with E-state index in [1.165, 1.54) is 5.57 Å². The zero-order chi connectivity index (χ0) is 36.1. The smallest absolute Gasteiger partial charge is 0.307 e. The van der Waals surface area contributed by atoms with Crippen LogP contribution in [0.1, 0.15) is 124 Å². The molecule has 1 saturated heterocycles. The lowest BCUT2D eigenvalue weighted by Gasteiger charge is -2.71. The maximum absolute atomic E-state index is 13.5. The largest absolute Gasteiger partial charge is 0.481 e. The van der Waals surface area contributed by atoms with Crippen LogP contribution in [0.15, 0.2) is 24.0 Å². The monoisotopic (exact) mass is 680 g/mol. The first-order valence-corrected chi connectivity index (χ1v) is 19.0. The molecule has 5 N–H and O–H groups in total. The van der Waals surface area contributed by atoms with Gasteiger partial charge >= 0.3 is 5.97 Å². The van der Waals surface area contributed by atoms with E-state index in [4.69, 9.17) is 20.9 Å². The van der Waals surface area contributed by atoms with E-state index in [1.807, 2.05) is 10.8 Å². The third kappa shape index (κ3) is 5.05. The van der Waals surface area contributed by atoms with Gasteiger partial charge in [-0.1, -0.05) is 74.0 Å². The number of hydrogen-bond acceptors (Lipinski definition) is 6. The van der Waals surface area contributed by atoms with Gasteiger partial charge in [0, 0.05) is 23.3 Å². The summed E-state index contributed by atoms with van der Waals surface area (Å²) in [5.74, 6) is -0.0730. The van der Waals surface area contributed by atoms with Crippen LogP contribution in [0.25, 0.3) is 0 Å². The lowest BCUT2D eigenvalue weighted by molar-refractivity contribution is -0.253. The van der Waals surface area contributed by atoms with Gasteiger partial charge in [-0.05, 0) is 96.7 Å². The summed E-state index contributed by atoms with van der Waals surface area (Å²) in [6.07, 6.45) is 11.0. The van der Waals surface area contributed by atoms with Crippen molar-refractivity contribution in [2.24, 2.45) is 74.0 Å². The van der Waals surface area contributed by atoms with E-state index in [0.29, 0.717) is 38.1 Å². The Morgan fingerprint density at radius 1 is 1.10 bits per heavy atom. The number of rotatable bonds is 9. The van der Waals surface area contributed by atoms with Gasteiger partial charge in [0.05, 0.1) is 37.9 Å². The van der Waals surface area contributed by atoms with Crippen molar-refractivity contribution in [3.05, 3.63) is 29.9 Å². The number of nitrogens with two attached hydrogens (primary N) is 2. The van der Waals surface area contributed by atoms with Crippen molar-refractivity contribution in [3.63, 3.8) is 0 Å². The number of ether oxygens (including phenoxy) is 2. The van der Waals surface area contributed by atoms with Crippen molar-refractivity contribution in [2.45, 2.75) is 125 Å². The zero-order valence-corrected chi connectivity index (χ0v) is 31.8. The molecule has 0 radical (unpaired) electrons. The number of hydrogen-bond donors (Lipinski definition) is 3. The van der Waals surface area contributed by atoms with Crippen LogP contribution in [0.5, 0.6) is 0 Å². The van der Waals surface area contributed by atoms with Crippen molar-refractivity contribution in [3.8, 4) is 0 Å². The van der Waals surface area contributed by atoms with Crippen molar-refractivity contribution in [1.82, 2.24) is 9.55 Å². The summed E-state index contributed by atoms with van der Waals surface area (Å²) in [5.41, 5.74) is 12.0. The second-order valence-corrected chi connectivity index (χ2v) is 19.1. The number of nitrogens with zero attached hydrogens (tertiary/aromatic N) is 2. The predicted octanol–water partition coefficient (Wildman–Crippen LogP) is 6.87. The number of carbonyl (C=O) groups is 2. The van der Waals surface area contributed by atoms with E-state index in [9.17, 15) is 14.7 Å². The van der Waals surface area contributed by atoms with Crippen molar-refractivity contribution >= 4 is 11.9 Å². The number of primary amides is 1. The van der Waals surface area contributed by atoms with E-state index < -0.39 is 34.2 Å². The molecule has 4 aliphatic carbocycles. The van der Waals surface area contributed by atoms with Gasteiger partial charge < -0.3 is 30.6 Å². The normalized spacial score (nSPS) is 43.5. The first kappa shape index (κ1) is 36.6. The van der Waals surface area contributed by atoms with Gasteiger partial charge in [0.15, 0.2) is 5.82 Å². The second kappa shape index (κ2) is 11.9. The van der Waals surface area contributed by atoms with Crippen molar-refractivity contribution in [1.29, 1.82) is 0 Å². The van der Waals surface area contributed by atoms with Crippen LogP contribution >= 0.6 is 0 Å². The molecule has 4 fully saturated rings. The molecule has 0 aromatic carbocycles. The maximum atomic E-state index is 13.5. The number of imidazole rings is 1. The van der Waals surface area contributed by atoms with Crippen LogP contribution in [0, 0.1) is 62.6 Å². The molecule has 9 nitrogen and oxygen atoms in total. The number of carboxylic acid groups (broad SMARTS) is 1. The van der Waals surface area contributed by atoms with Crippen LogP contribution in [0.3, 0.4) is 0 Å². The quantitative estimate of drug-likeness (QED) is 0.242. The van der Waals surface area contributed by atoms with Gasteiger partial charge in [-0.2, -0.15) is 0 Å². The Hall–Kier alpha value is -2.23. The highest BCUT2D eigenvalue weighted by Gasteiger charge is 2.72. The molecule has 274 valence electrons. The van der Waals surface area contributed by atoms with Crippen LogP contribution in [-0.4, -0.2) is 58.0 Å². The molecule has 1 amide bonds. The molecule has 0 unspecified atom stereocenters. The predicted molar refractivity (Wildman–Crippen MR) is 191 cm³/mol. The first-order valence-electron chi connectivity index (χ1n) is 19.0. The molecular weight excluding hydrogens is 616 g/mol. The highest BCUT2D eigenvalue weighted by Crippen LogP contribution is 2.75. The second-order valence-electron chi connectivity index (χ2n) is 19.1. The highest BCUT2D eigenvalue weighted by molar-refractivity contribution is 5.89. The molecule has 49 heavy (non-hydrogen) atoms. The topological polar surface area (TPSA) is 143 Å². The number of carbonyl (C=O) groups excluding carboxylic acids is 1. The number of carboxylic acids is 1. The fourth-order valence-corrected chi connectivity index (χ4v) is 12.3. The third-order valence-corrected chi connectivity index (χ3v) is 16.2. The van der Waals surface area contributed by atoms with E-state index in [-0.39, 0.29) is 52.0 Å². The number of fused-ring (bicyclic) bond motifs is 3. The molecule has 12 atom stereocenters. The zero-order valence-electron chi connectivity index (χ0n) is 31.8. The lowest BCUT2D eigenvalue weighted by Crippen LogP contribution is -2.70. The third-order valence-electron chi connectivity index (χ3n) is 16.2. The maximum Gasteiger partial charge on any atom is 0.307 e. The minimum atomic E-state index is -0.658. The minimum absolute atomic E-state index is 0.166. The van der Waals surface area contributed by atoms with Gasteiger partial charge in [-0.25, -0.2) is 4.98 Å². The van der Waals surface area contributed by atoms with Gasteiger partial charge in [0.25, 0.3) is 5.91 Å². The molecule has 2 bridgehead atoms. The Morgan fingerprint density at radius 3 is 2.41 bits per heavy atom. The van der Waals surface area contributed by atoms with Crippen LogP contribution in [0.2, 0.25) is 0 Å². The molecule has 1 aromatic rings. The van der Waals surface area contributed by atoms with Gasteiger partial charge in [0.2, 0.25) is 0 Å². The molecule has 6 rings (SSSR count). The number of aliphatic carboxylic acids is 1. The van der Waals surface area contributed by atoms with Crippen molar-refractivity contribution < 1.29 is 24.2 Å². The summed E-state index contributed by atoms with van der Waals surface area (Å²) in [5, 5.41) is 11.1. The van der Waals surface area contributed by atoms with Crippen LogP contribution in [-0.2, 0) is 14.3 Å². The summed E-state index contributed by atoms with van der Waals surface area (Å²) in [4.78, 5) is 30.7. The Balaban J connectivity index is 1.54. The summed E-state index contributed by atoms with van der Waals surface area (Å²) < 4.78 is 15.9. The lowest BCUT2D eigenvalue weighted by atomic mass is 9.34. The highest BCUT2D eigenvalue weighted by atomic mass is 16.5. The number of aromatic nitrogens is 2. The van der Waals surface area contributed by atoms with E-state index in [1.54, 1.807) is 6.20 Å². The van der Waals surface area contributed by atoms with Crippen molar-refractivity contribution in [2.75, 3.05) is 19.8 Å². The van der Waals surface area contributed by atoms with Gasteiger partial charge in [-0.3, -0.25) is 9.59 Å². The summed E-state index contributed by atoms with van der Waals surface area (Å²) in [6.45, 7) is 23.9. The van der Waals surface area contributed by atoms with E-state index >= 15 is 0 Å². The first-order chi connectivity index (χ1) is 22.7. The molecule has 5 aliphatic rings. The van der Waals surface area contributed by atoms with E-state index in [2.05, 4.69) is 80.3 Å². The van der Waals surface area contributed by atoms with Crippen LogP contribution < -0.4 is 11.5 Å². The molecule has 3 saturated carbocycles. The summed E-state index contributed by atoms with van der Waals surface area (Å²) >= 11 is 0. The fourth-order valence-electron chi connectivity index (χ4n) is 12.3. The standard InChI is InChI=1S/C40H64N4O5/c1-23(2)25(5)36(7)15-16-37(8)26-11-12-29-35(6)19-28(44-18-17-43-33(44)32(41)45)31(49-21-39(10,42)24(3)4)40(29,22-48-20-35)27(26)13-14-38(37,9)30(36)34(46)47/h13,17-18,23-26,28-31H,11-12,14-16,19-22,42H2,1-10H3,(H2,41,45)(H,46,47)/t25-,26+,28-,29-,30-,31+,35-,36-,37-,38+,39-,40+/m1/s1. The Bertz CT molecular complexity index is 1500. The Morgan fingerprint density at radius 2 is 1.80 bits per heavy atom. The molecule has 2 heterocycles. The molecule has 9 heteroatoms. The molecule has 1 aliphatic heterocycles. The number of amides is 1. The van der Waals surface area contributed by atoms with Gasteiger partial charge in [0.1, 0.15) is 0 Å². The molecular formula is C40H64N4O5. The Kier molecular flexibility index (Phi) is 8.88. The SMILES string of the molecule is CC(C)[C@@H](C)[C@@]1(C)CC[C@]2(C)[C@H]3CC[C@@H]4[C@@]5(C)COC[C@@]4(C3=CC[C@@]2(C)[C@@H]1C(=O)O)[C@@H](OC[C@@](C)(N)C(C)C)[C@H](n1ccnc1C(N)=O)C5. The fraction of sp³-hybridized carbons (Fsp3) is 0.825. The van der Waals surface area contributed by atoms with Crippen LogP contribution in [0.4, 0.5) is 0 Å². The van der Waals surface area contributed by atoms with Gasteiger partial charge in [-0.15, -0.1) is 0 Å². The average Bonchev–Trinajstić information content (AvgIpc) is 3.50. The average molecular weight is 681 g/mol. The molecule has 0 spiro atoms. The summed E-state index contributed by atoms with van der Waals surface area (Å²) in [7, 11) is 0. The number of allylic oxidation sites excluding steroid dienone is 1.